The Labute approximate surface area is 185 Å². The van der Waals surface area contributed by atoms with Crippen molar-refractivity contribution in [1.82, 2.24) is 15.1 Å². The first kappa shape index (κ1) is 20.2. The van der Waals surface area contributed by atoms with Crippen LogP contribution in [0.4, 0.5) is 15.8 Å². The molecule has 0 bridgehead atoms. The molecule has 1 aliphatic heterocycles. The third-order valence-corrected chi connectivity index (χ3v) is 6.00. The van der Waals surface area contributed by atoms with Crippen LogP contribution in [0.25, 0.3) is 5.69 Å². The van der Waals surface area contributed by atoms with Crippen LogP contribution in [0.2, 0.25) is 0 Å². The molecular formula is C24H24FN5O2. The normalized spacial score (nSPS) is 15.8. The van der Waals surface area contributed by atoms with Gasteiger partial charge in [-0.15, -0.1) is 0 Å². The van der Waals surface area contributed by atoms with Gasteiger partial charge in [0, 0.05) is 35.7 Å². The Kier molecular flexibility index (Phi) is 5.34. The number of carbonyl (C=O) groups is 2. The van der Waals surface area contributed by atoms with Crippen LogP contribution in [-0.4, -0.2) is 41.2 Å². The lowest BCUT2D eigenvalue weighted by Crippen LogP contribution is -2.47. The molecule has 0 radical (unpaired) electrons. The summed E-state index contributed by atoms with van der Waals surface area (Å²) in [6.45, 7) is 1.71. The quantitative estimate of drug-likeness (QED) is 0.663. The van der Waals surface area contributed by atoms with Crippen molar-refractivity contribution in [2.75, 3.05) is 29.9 Å². The second kappa shape index (κ2) is 8.45. The van der Waals surface area contributed by atoms with E-state index in [1.807, 2.05) is 29.2 Å². The molecule has 0 atom stereocenters. The molecule has 1 aliphatic carbocycles. The number of piperazine rings is 1. The molecule has 1 saturated heterocycles. The Morgan fingerprint density at radius 3 is 2.47 bits per heavy atom. The van der Waals surface area contributed by atoms with Gasteiger partial charge in [0.25, 0.3) is 5.91 Å². The highest BCUT2D eigenvalue weighted by atomic mass is 19.1. The number of nitrogens with zero attached hydrogens (tertiary/aromatic N) is 3. The molecule has 2 aromatic carbocycles. The summed E-state index contributed by atoms with van der Waals surface area (Å²) in [5.74, 6) is -0.550. The largest absolute Gasteiger partial charge is 0.360 e. The van der Waals surface area contributed by atoms with Crippen molar-refractivity contribution in [2.45, 2.75) is 25.7 Å². The maximum Gasteiger partial charge on any atom is 0.276 e. The zero-order chi connectivity index (χ0) is 22.1. The van der Waals surface area contributed by atoms with Crippen LogP contribution >= 0.6 is 0 Å². The summed E-state index contributed by atoms with van der Waals surface area (Å²) < 4.78 is 15.1. The number of rotatable bonds is 4. The number of aromatic nitrogens is 2. The first-order chi connectivity index (χ1) is 15.6. The first-order valence-corrected chi connectivity index (χ1v) is 10.9. The topological polar surface area (TPSA) is 79.3 Å². The Morgan fingerprint density at radius 1 is 1.00 bits per heavy atom. The van der Waals surface area contributed by atoms with Crippen molar-refractivity contribution in [3.05, 3.63) is 71.3 Å². The summed E-state index contributed by atoms with van der Waals surface area (Å²) in [5.41, 5.74) is 4.76. The van der Waals surface area contributed by atoms with E-state index in [4.69, 9.17) is 0 Å². The number of amides is 2. The van der Waals surface area contributed by atoms with E-state index in [1.165, 1.54) is 12.1 Å². The molecule has 1 aromatic heterocycles. The van der Waals surface area contributed by atoms with Gasteiger partial charge in [-0.3, -0.25) is 9.59 Å². The lowest BCUT2D eigenvalue weighted by atomic mass is 9.95. The first-order valence-electron chi connectivity index (χ1n) is 10.9. The Balaban J connectivity index is 1.37. The second-order valence-electron chi connectivity index (χ2n) is 8.14. The van der Waals surface area contributed by atoms with Crippen LogP contribution in [0.15, 0.2) is 48.5 Å². The molecule has 0 saturated carbocycles. The van der Waals surface area contributed by atoms with E-state index in [0.29, 0.717) is 24.5 Å². The lowest BCUT2D eigenvalue weighted by molar-refractivity contribution is -0.120. The van der Waals surface area contributed by atoms with Gasteiger partial charge in [0.2, 0.25) is 5.91 Å². The fourth-order valence-corrected chi connectivity index (χ4v) is 4.38. The summed E-state index contributed by atoms with van der Waals surface area (Å²) in [4.78, 5) is 26.7. The molecule has 7 nitrogen and oxygen atoms in total. The lowest BCUT2D eigenvalue weighted by Gasteiger charge is -2.28. The summed E-state index contributed by atoms with van der Waals surface area (Å²) in [6.07, 6.45) is 3.69. The number of nitrogens with one attached hydrogen (secondary N) is 2. The average molecular weight is 433 g/mol. The molecule has 2 heterocycles. The highest BCUT2D eigenvalue weighted by molar-refractivity contribution is 6.04. The number of hydrogen-bond donors (Lipinski definition) is 2. The van der Waals surface area contributed by atoms with Gasteiger partial charge in [-0.1, -0.05) is 0 Å². The summed E-state index contributed by atoms with van der Waals surface area (Å²) >= 11 is 0. The maximum absolute atomic E-state index is 13.4. The summed E-state index contributed by atoms with van der Waals surface area (Å²) in [6, 6.07) is 13.6. The van der Waals surface area contributed by atoms with E-state index >= 15 is 0 Å². The Morgan fingerprint density at radius 2 is 1.72 bits per heavy atom. The van der Waals surface area contributed by atoms with Gasteiger partial charge in [0.1, 0.15) is 5.82 Å². The van der Waals surface area contributed by atoms with Crippen molar-refractivity contribution >= 4 is 23.2 Å². The molecule has 5 rings (SSSR count). The molecule has 0 spiro atoms. The molecule has 2 aliphatic rings. The van der Waals surface area contributed by atoms with Crippen LogP contribution in [0.5, 0.6) is 0 Å². The number of carbonyl (C=O) groups excluding carboxylic acids is 2. The van der Waals surface area contributed by atoms with Gasteiger partial charge in [-0.05, 0) is 74.2 Å². The number of halogens is 1. The Hall–Kier alpha value is -3.68. The fraction of sp³-hybridized carbons (Fsp3) is 0.292. The van der Waals surface area contributed by atoms with Crippen molar-refractivity contribution in [1.29, 1.82) is 0 Å². The molecule has 2 N–H and O–H groups in total. The van der Waals surface area contributed by atoms with Crippen molar-refractivity contribution < 1.29 is 14.0 Å². The maximum atomic E-state index is 13.4. The zero-order valence-corrected chi connectivity index (χ0v) is 17.6. The van der Waals surface area contributed by atoms with E-state index in [1.54, 1.807) is 16.8 Å². The van der Waals surface area contributed by atoms with Crippen LogP contribution in [0, 0.1) is 5.82 Å². The standard InChI is InChI=1S/C24H24FN5O2/c25-16-5-9-19(10-6-16)30-21-4-2-1-3-20(21)23(28-30)24(32)27-17-7-11-18(12-8-17)29-14-13-26-22(31)15-29/h5-12H,1-4,13-15H2,(H,26,31)(H,27,32). The molecule has 164 valence electrons. The third-order valence-electron chi connectivity index (χ3n) is 6.00. The minimum Gasteiger partial charge on any atom is -0.360 e. The minimum absolute atomic E-state index is 0.00939. The van der Waals surface area contributed by atoms with E-state index in [2.05, 4.69) is 15.7 Å². The van der Waals surface area contributed by atoms with Gasteiger partial charge in [0.15, 0.2) is 5.69 Å². The second-order valence-corrected chi connectivity index (χ2v) is 8.14. The Bertz CT molecular complexity index is 1150. The van der Waals surface area contributed by atoms with Gasteiger partial charge >= 0.3 is 0 Å². The van der Waals surface area contributed by atoms with Gasteiger partial charge in [-0.2, -0.15) is 5.10 Å². The minimum atomic E-state index is -0.304. The van der Waals surface area contributed by atoms with Crippen LogP contribution in [0.3, 0.4) is 0 Å². The summed E-state index contributed by atoms with van der Waals surface area (Å²) in [5, 5.41) is 10.4. The van der Waals surface area contributed by atoms with Gasteiger partial charge in [0.05, 0.1) is 12.2 Å². The number of fused-ring (bicyclic) bond motifs is 1. The fourth-order valence-electron chi connectivity index (χ4n) is 4.38. The molecule has 0 unspecified atom stereocenters. The SMILES string of the molecule is O=C1CN(c2ccc(NC(=O)c3nn(-c4ccc(F)cc4)c4c3CCCC4)cc2)CCN1. The van der Waals surface area contributed by atoms with Crippen molar-refractivity contribution in [3.63, 3.8) is 0 Å². The van der Waals surface area contributed by atoms with Gasteiger partial charge < -0.3 is 15.5 Å². The smallest absolute Gasteiger partial charge is 0.276 e. The predicted molar refractivity (Wildman–Crippen MR) is 120 cm³/mol. The molecule has 32 heavy (non-hydrogen) atoms. The zero-order valence-electron chi connectivity index (χ0n) is 17.6. The average Bonchev–Trinajstić information content (AvgIpc) is 3.20. The third kappa shape index (κ3) is 3.95. The van der Waals surface area contributed by atoms with E-state index in [-0.39, 0.29) is 17.6 Å². The predicted octanol–water partition coefficient (Wildman–Crippen LogP) is 3.08. The summed E-state index contributed by atoms with van der Waals surface area (Å²) in [7, 11) is 0. The monoisotopic (exact) mass is 433 g/mol. The van der Waals surface area contributed by atoms with Crippen LogP contribution in [0.1, 0.15) is 34.6 Å². The van der Waals surface area contributed by atoms with Gasteiger partial charge in [-0.25, -0.2) is 9.07 Å². The van der Waals surface area contributed by atoms with Crippen molar-refractivity contribution in [2.24, 2.45) is 0 Å². The highest BCUT2D eigenvalue weighted by Gasteiger charge is 2.26. The molecule has 8 heteroatoms. The number of benzene rings is 2. The molecule has 3 aromatic rings. The van der Waals surface area contributed by atoms with Crippen LogP contribution in [-0.2, 0) is 17.6 Å². The van der Waals surface area contributed by atoms with Crippen LogP contribution < -0.4 is 15.5 Å². The number of hydrogen-bond acceptors (Lipinski definition) is 4. The highest BCUT2D eigenvalue weighted by Crippen LogP contribution is 2.28. The number of anilines is 2. The molecule has 1 fully saturated rings. The van der Waals surface area contributed by atoms with E-state index in [9.17, 15) is 14.0 Å². The molecule has 2 amide bonds. The van der Waals surface area contributed by atoms with E-state index in [0.717, 1.165) is 54.9 Å². The van der Waals surface area contributed by atoms with Crippen molar-refractivity contribution in [3.8, 4) is 5.69 Å². The molecular weight excluding hydrogens is 409 g/mol. The van der Waals surface area contributed by atoms with E-state index < -0.39 is 0 Å².